The number of nitrogens with one attached hydrogen (secondary N) is 2. The molecular formula is C12H21N5OS. The second kappa shape index (κ2) is 6.81. The average Bonchev–Trinajstić information content (AvgIpc) is 2.47. The summed E-state index contributed by atoms with van der Waals surface area (Å²) in [7, 11) is 1.59. The van der Waals surface area contributed by atoms with Gasteiger partial charge in [0.25, 0.3) is 0 Å². The van der Waals surface area contributed by atoms with Crippen LogP contribution in [0.15, 0.2) is 6.33 Å². The maximum Gasteiger partial charge on any atom is 0.205 e. The quantitative estimate of drug-likeness (QED) is 0.561. The van der Waals surface area contributed by atoms with Gasteiger partial charge in [0.2, 0.25) is 5.75 Å². The standard InChI is InChI=1S/C12H21N5OS/c1-18-10-11(14-7-15-12(10)17-13)16-8-3-5-9(19-2)6-4-8/h7-9H,3-6,13H2,1-2H3,(H2,14,15,16,17). The third kappa shape index (κ3) is 3.42. The Morgan fingerprint density at radius 3 is 2.53 bits per heavy atom. The van der Waals surface area contributed by atoms with Gasteiger partial charge in [-0.3, -0.25) is 0 Å². The molecule has 0 aromatic carbocycles. The molecule has 0 amide bonds. The minimum atomic E-state index is 0.442. The van der Waals surface area contributed by atoms with Crippen LogP contribution < -0.4 is 21.3 Å². The Bertz CT molecular complexity index is 409. The fraction of sp³-hybridized carbons (Fsp3) is 0.667. The number of hydrogen-bond acceptors (Lipinski definition) is 7. The second-order valence-electron chi connectivity index (χ2n) is 4.60. The number of hydrogen-bond donors (Lipinski definition) is 3. The van der Waals surface area contributed by atoms with Crippen molar-refractivity contribution in [1.29, 1.82) is 0 Å². The molecule has 1 aliphatic carbocycles. The van der Waals surface area contributed by atoms with Crippen molar-refractivity contribution < 1.29 is 4.74 Å². The van der Waals surface area contributed by atoms with Gasteiger partial charge in [-0.15, -0.1) is 0 Å². The maximum atomic E-state index is 5.41. The molecule has 1 heterocycles. The molecule has 1 aromatic rings. The summed E-state index contributed by atoms with van der Waals surface area (Å²) in [6.07, 6.45) is 8.47. The molecule has 4 N–H and O–H groups in total. The average molecular weight is 283 g/mol. The molecule has 2 rings (SSSR count). The highest BCUT2D eigenvalue weighted by Gasteiger charge is 2.22. The van der Waals surface area contributed by atoms with Gasteiger partial charge in [-0.25, -0.2) is 15.8 Å². The molecule has 106 valence electrons. The second-order valence-corrected chi connectivity index (χ2v) is 5.74. The maximum absolute atomic E-state index is 5.41. The summed E-state index contributed by atoms with van der Waals surface area (Å²) in [6, 6.07) is 0.442. The minimum absolute atomic E-state index is 0.442. The molecule has 0 radical (unpaired) electrons. The molecular weight excluding hydrogens is 262 g/mol. The van der Waals surface area contributed by atoms with Crippen LogP contribution in [0.4, 0.5) is 11.6 Å². The number of ether oxygens (including phenoxy) is 1. The van der Waals surface area contributed by atoms with Gasteiger partial charge in [0.15, 0.2) is 11.6 Å². The van der Waals surface area contributed by atoms with Crippen LogP contribution in [0.1, 0.15) is 25.7 Å². The summed E-state index contributed by atoms with van der Waals surface area (Å²) in [4.78, 5) is 8.27. The number of methoxy groups -OCH3 is 1. The Hall–Kier alpha value is -1.21. The van der Waals surface area contributed by atoms with E-state index in [1.165, 1.54) is 19.2 Å². The number of nitrogen functional groups attached to an aromatic ring is 1. The van der Waals surface area contributed by atoms with E-state index < -0.39 is 0 Å². The molecule has 7 heteroatoms. The van der Waals surface area contributed by atoms with Crippen LogP contribution in [0.25, 0.3) is 0 Å². The van der Waals surface area contributed by atoms with Crippen LogP contribution in [-0.2, 0) is 0 Å². The molecule has 6 nitrogen and oxygen atoms in total. The van der Waals surface area contributed by atoms with E-state index in [9.17, 15) is 0 Å². The van der Waals surface area contributed by atoms with E-state index in [4.69, 9.17) is 10.6 Å². The highest BCUT2D eigenvalue weighted by molar-refractivity contribution is 7.99. The lowest BCUT2D eigenvalue weighted by atomic mass is 9.95. The zero-order valence-electron chi connectivity index (χ0n) is 11.3. The third-order valence-corrected chi connectivity index (χ3v) is 4.63. The van der Waals surface area contributed by atoms with Gasteiger partial charge in [-0.2, -0.15) is 11.8 Å². The molecule has 19 heavy (non-hydrogen) atoms. The van der Waals surface area contributed by atoms with Gasteiger partial charge in [0, 0.05) is 11.3 Å². The van der Waals surface area contributed by atoms with Crippen molar-refractivity contribution in [3.8, 4) is 5.75 Å². The monoisotopic (exact) mass is 283 g/mol. The van der Waals surface area contributed by atoms with Gasteiger partial charge in [-0.1, -0.05) is 0 Å². The number of aromatic nitrogens is 2. The number of nitrogens with two attached hydrogens (primary N) is 1. The van der Waals surface area contributed by atoms with Crippen LogP contribution in [0.5, 0.6) is 5.75 Å². The molecule has 0 saturated heterocycles. The molecule has 1 aliphatic rings. The van der Waals surface area contributed by atoms with E-state index in [0.717, 1.165) is 18.1 Å². The zero-order valence-corrected chi connectivity index (χ0v) is 12.2. The fourth-order valence-corrected chi connectivity index (χ4v) is 3.15. The first kappa shape index (κ1) is 14.2. The van der Waals surface area contributed by atoms with E-state index >= 15 is 0 Å². The number of thioether (sulfide) groups is 1. The predicted octanol–water partition coefficient (Wildman–Crippen LogP) is 1.86. The molecule has 0 spiro atoms. The van der Waals surface area contributed by atoms with Gasteiger partial charge in [-0.05, 0) is 31.9 Å². The SMILES string of the molecule is COc1c(NN)ncnc1NC1CCC(SC)CC1. The number of nitrogens with zero attached hydrogens (tertiary/aromatic N) is 2. The van der Waals surface area contributed by atoms with Crippen LogP contribution in [0, 0.1) is 0 Å². The van der Waals surface area contributed by atoms with Crippen molar-refractivity contribution in [1.82, 2.24) is 9.97 Å². The highest BCUT2D eigenvalue weighted by atomic mass is 32.2. The fourth-order valence-electron chi connectivity index (χ4n) is 2.41. The first-order valence-electron chi connectivity index (χ1n) is 6.43. The van der Waals surface area contributed by atoms with E-state index in [2.05, 4.69) is 27.0 Å². The molecule has 1 saturated carbocycles. The van der Waals surface area contributed by atoms with E-state index in [0.29, 0.717) is 23.4 Å². The Labute approximate surface area is 117 Å². The number of hydrazine groups is 1. The molecule has 1 aromatic heterocycles. The van der Waals surface area contributed by atoms with Gasteiger partial charge in [0.1, 0.15) is 6.33 Å². The largest absolute Gasteiger partial charge is 0.490 e. The molecule has 0 unspecified atom stereocenters. The summed E-state index contributed by atoms with van der Waals surface area (Å²) in [5.74, 6) is 7.18. The van der Waals surface area contributed by atoms with Gasteiger partial charge < -0.3 is 15.5 Å². The van der Waals surface area contributed by atoms with Crippen LogP contribution in [-0.4, -0.2) is 34.6 Å². The molecule has 1 fully saturated rings. The van der Waals surface area contributed by atoms with Crippen molar-refractivity contribution in [3.05, 3.63) is 6.33 Å². The van der Waals surface area contributed by atoms with Crippen molar-refractivity contribution in [2.45, 2.75) is 37.0 Å². The zero-order chi connectivity index (χ0) is 13.7. The lowest BCUT2D eigenvalue weighted by Gasteiger charge is -2.28. The Balaban J connectivity index is 2.03. The highest BCUT2D eigenvalue weighted by Crippen LogP contribution is 2.32. The smallest absolute Gasteiger partial charge is 0.205 e. The first-order valence-corrected chi connectivity index (χ1v) is 7.72. The Morgan fingerprint density at radius 1 is 1.26 bits per heavy atom. The van der Waals surface area contributed by atoms with Crippen molar-refractivity contribution >= 4 is 23.4 Å². The lowest BCUT2D eigenvalue weighted by Crippen LogP contribution is -2.28. The van der Waals surface area contributed by atoms with Gasteiger partial charge in [0.05, 0.1) is 7.11 Å². The van der Waals surface area contributed by atoms with Crippen molar-refractivity contribution in [3.63, 3.8) is 0 Å². The van der Waals surface area contributed by atoms with Crippen LogP contribution in [0.2, 0.25) is 0 Å². The van der Waals surface area contributed by atoms with E-state index in [-0.39, 0.29) is 0 Å². The molecule has 0 atom stereocenters. The Morgan fingerprint density at radius 2 is 1.95 bits per heavy atom. The summed E-state index contributed by atoms with van der Waals surface area (Å²) in [5.41, 5.74) is 2.52. The van der Waals surface area contributed by atoms with Crippen LogP contribution >= 0.6 is 11.8 Å². The lowest BCUT2D eigenvalue weighted by molar-refractivity contribution is 0.411. The van der Waals surface area contributed by atoms with E-state index in [1.54, 1.807) is 7.11 Å². The first-order chi connectivity index (χ1) is 9.28. The molecule has 0 bridgehead atoms. The summed E-state index contributed by atoms with van der Waals surface area (Å²) < 4.78 is 5.32. The van der Waals surface area contributed by atoms with Crippen molar-refractivity contribution in [2.75, 3.05) is 24.1 Å². The number of anilines is 2. The predicted molar refractivity (Wildman–Crippen MR) is 79.6 cm³/mol. The summed E-state index contributed by atoms with van der Waals surface area (Å²) in [5, 5.41) is 4.24. The Kier molecular flexibility index (Phi) is 5.09. The topological polar surface area (TPSA) is 85.1 Å². The van der Waals surface area contributed by atoms with E-state index in [1.807, 2.05) is 11.8 Å². The van der Waals surface area contributed by atoms with Gasteiger partial charge >= 0.3 is 0 Å². The summed E-state index contributed by atoms with van der Waals surface area (Å²) >= 11 is 1.96. The minimum Gasteiger partial charge on any atom is -0.490 e. The van der Waals surface area contributed by atoms with Crippen LogP contribution in [0.3, 0.4) is 0 Å². The van der Waals surface area contributed by atoms with Crippen molar-refractivity contribution in [2.24, 2.45) is 5.84 Å². The normalized spacial score (nSPS) is 22.9. The molecule has 0 aliphatic heterocycles. The number of rotatable bonds is 5. The third-order valence-electron chi connectivity index (χ3n) is 3.49. The summed E-state index contributed by atoms with van der Waals surface area (Å²) in [6.45, 7) is 0.